The van der Waals surface area contributed by atoms with E-state index in [4.69, 9.17) is 0 Å². The van der Waals surface area contributed by atoms with Crippen molar-refractivity contribution in [3.63, 3.8) is 0 Å². The number of para-hydroxylation sites is 3. The smallest absolute Gasteiger partial charge is 0.0622 e. The molecule has 3 heterocycles. The van der Waals surface area contributed by atoms with Crippen LogP contribution in [0, 0.1) is 0 Å². The number of fused-ring (bicyclic) bond motifs is 9. The molecule has 0 radical (unpaired) electrons. The summed E-state index contributed by atoms with van der Waals surface area (Å²) < 4.78 is 4.91. The summed E-state index contributed by atoms with van der Waals surface area (Å²) in [4.78, 5) is 0. The summed E-state index contributed by atoms with van der Waals surface area (Å²) in [5.41, 5.74) is 12.4. The Labute approximate surface area is 254 Å². The molecule has 10 rings (SSSR count). The lowest BCUT2D eigenvalue weighted by Gasteiger charge is -2.10. The predicted molar refractivity (Wildman–Crippen MR) is 186 cm³/mol. The van der Waals surface area contributed by atoms with Crippen LogP contribution in [-0.4, -0.2) is 8.97 Å². The van der Waals surface area contributed by atoms with Gasteiger partial charge in [-0.05, 0) is 64.7 Å². The molecule has 0 N–H and O–H groups in total. The van der Waals surface area contributed by atoms with E-state index in [1.54, 1.807) is 0 Å². The maximum Gasteiger partial charge on any atom is 0.0622 e. The number of nitrogens with zero attached hydrogens (tertiary/aromatic N) is 2. The van der Waals surface area contributed by atoms with Crippen molar-refractivity contribution in [1.29, 1.82) is 0 Å². The zero-order valence-corrected chi connectivity index (χ0v) is 23.9. The SMILES string of the molecule is c1ccc(-c2ccc(-c3ccc4c(c3)c3cc(-n5c6ccccc6c6ccccc65)cc5c6ccccc6n4c53)cc2)cc1. The highest BCUT2D eigenvalue weighted by Crippen LogP contribution is 2.43. The standard InChI is InChI=1S/C42H26N2/c1-2-10-27(11-3-1)28-18-20-29(21-19-28)30-22-23-41-35(24-30)37-26-31(25-36-34-14-6-9-17-40(34)44(41)42(36)37)43-38-15-7-4-12-32(38)33-13-5-8-16-39(33)43/h1-26H. The number of benzene rings is 7. The molecule has 0 bridgehead atoms. The lowest BCUT2D eigenvalue weighted by atomic mass is 9.98. The van der Waals surface area contributed by atoms with Crippen LogP contribution in [0.2, 0.25) is 0 Å². The third-order valence-corrected chi connectivity index (χ3v) is 9.44. The molecular formula is C42H26N2. The highest BCUT2D eigenvalue weighted by molar-refractivity contribution is 6.24. The Bertz CT molecular complexity index is 2640. The van der Waals surface area contributed by atoms with Crippen molar-refractivity contribution >= 4 is 59.9 Å². The Morgan fingerprint density at radius 2 is 0.750 bits per heavy atom. The zero-order chi connectivity index (χ0) is 28.8. The fourth-order valence-corrected chi connectivity index (χ4v) is 7.48. The first kappa shape index (κ1) is 23.7. The molecule has 44 heavy (non-hydrogen) atoms. The van der Waals surface area contributed by atoms with Crippen LogP contribution in [0.4, 0.5) is 0 Å². The van der Waals surface area contributed by atoms with Crippen LogP contribution in [0.3, 0.4) is 0 Å². The predicted octanol–water partition coefficient (Wildman–Crippen LogP) is 11.3. The Morgan fingerprint density at radius 1 is 0.295 bits per heavy atom. The molecule has 2 nitrogen and oxygen atoms in total. The lowest BCUT2D eigenvalue weighted by Crippen LogP contribution is -1.93. The molecule has 0 aliphatic rings. The van der Waals surface area contributed by atoms with E-state index in [-0.39, 0.29) is 0 Å². The first-order valence-corrected chi connectivity index (χ1v) is 15.2. The monoisotopic (exact) mass is 558 g/mol. The van der Waals surface area contributed by atoms with E-state index >= 15 is 0 Å². The van der Waals surface area contributed by atoms with Crippen LogP contribution in [0.15, 0.2) is 158 Å². The molecule has 2 heteroatoms. The highest BCUT2D eigenvalue weighted by Gasteiger charge is 2.20. The highest BCUT2D eigenvalue weighted by atomic mass is 15.0. The Hall–Kier alpha value is -5.86. The first-order valence-electron chi connectivity index (χ1n) is 15.2. The van der Waals surface area contributed by atoms with Gasteiger partial charge in [0.1, 0.15) is 0 Å². The first-order chi connectivity index (χ1) is 21.8. The molecule has 10 aromatic rings. The second-order valence-corrected chi connectivity index (χ2v) is 11.8. The molecule has 3 aromatic heterocycles. The molecule has 0 amide bonds. The van der Waals surface area contributed by atoms with Crippen molar-refractivity contribution in [1.82, 2.24) is 8.97 Å². The second kappa shape index (κ2) is 8.82. The van der Waals surface area contributed by atoms with Crippen molar-refractivity contribution in [3.8, 4) is 27.9 Å². The maximum atomic E-state index is 2.47. The van der Waals surface area contributed by atoms with Crippen molar-refractivity contribution in [2.75, 3.05) is 0 Å². The van der Waals surface area contributed by atoms with Gasteiger partial charge in [-0.15, -0.1) is 0 Å². The molecule has 0 spiro atoms. The summed E-state index contributed by atoms with van der Waals surface area (Å²) in [6, 6.07) is 57.7. The van der Waals surface area contributed by atoms with E-state index < -0.39 is 0 Å². The molecule has 204 valence electrons. The fraction of sp³-hybridized carbons (Fsp3) is 0. The van der Waals surface area contributed by atoms with E-state index in [0.29, 0.717) is 0 Å². The van der Waals surface area contributed by atoms with Crippen molar-refractivity contribution in [3.05, 3.63) is 158 Å². The molecule has 0 saturated heterocycles. The summed E-state index contributed by atoms with van der Waals surface area (Å²) >= 11 is 0. The second-order valence-electron chi connectivity index (χ2n) is 11.8. The van der Waals surface area contributed by atoms with Gasteiger partial charge in [-0.2, -0.15) is 0 Å². The third kappa shape index (κ3) is 3.20. The van der Waals surface area contributed by atoms with Crippen LogP contribution < -0.4 is 0 Å². The van der Waals surface area contributed by atoms with Crippen LogP contribution >= 0.6 is 0 Å². The average molecular weight is 559 g/mol. The lowest BCUT2D eigenvalue weighted by molar-refractivity contribution is 1.19. The minimum atomic E-state index is 1.19. The summed E-state index contributed by atoms with van der Waals surface area (Å²) in [6.07, 6.45) is 0. The van der Waals surface area contributed by atoms with E-state index in [0.717, 1.165) is 0 Å². The van der Waals surface area contributed by atoms with E-state index in [1.807, 2.05) is 0 Å². The summed E-state index contributed by atoms with van der Waals surface area (Å²) in [5, 5.41) is 7.71. The van der Waals surface area contributed by atoms with Gasteiger partial charge >= 0.3 is 0 Å². The number of hydrogen-bond donors (Lipinski definition) is 0. The van der Waals surface area contributed by atoms with Gasteiger partial charge < -0.3 is 8.97 Å². The maximum absolute atomic E-state index is 2.47. The van der Waals surface area contributed by atoms with Crippen molar-refractivity contribution in [2.45, 2.75) is 0 Å². The number of hydrogen-bond acceptors (Lipinski definition) is 0. The molecule has 0 aliphatic carbocycles. The van der Waals surface area contributed by atoms with Gasteiger partial charge in [0.15, 0.2) is 0 Å². The number of rotatable bonds is 3. The van der Waals surface area contributed by atoms with Gasteiger partial charge in [-0.25, -0.2) is 0 Å². The van der Waals surface area contributed by atoms with E-state index in [2.05, 4.69) is 167 Å². The van der Waals surface area contributed by atoms with Gasteiger partial charge in [-0.1, -0.05) is 115 Å². The largest absolute Gasteiger partial charge is 0.309 e. The number of aromatic nitrogens is 2. The summed E-state index contributed by atoms with van der Waals surface area (Å²) in [7, 11) is 0. The van der Waals surface area contributed by atoms with Gasteiger partial charge in [0, 0.05) is 38.0 Å². The third-order valence-electron chi connectivity index (χ3n) is 9.44. The summed E-state index contributed by atoms with van der Waals surface area (Å²) in [6.45, 7) is 0. The molecule has 0 fully saturated rings. The van der Waals surface area contributed by atoms with Gasteiger partial charge in [0.25, 0.3) is 0 Å². The van der Waals surface area contributed by atoms with Crippen molar-refractivity contribution in [2.24, 2.45) is 0 Å². The normalized spacial score (nSPS) is 12.1. The molecule has 0 aliphatic heterocycles. The average Bonchev–Trinajstić information content (AvgIpc) is 3.73. The molecule has 7 aromatic carbocycles. The minimum absolute atomic E-state index is 1.19. The molecular weight excluding hydrogens is 532 g/mol. The van der Waals surface area contributed by atoms with Gasteiger partial charge in [-0.3, -0.25) is 0 Å². The minimum Gasteiger partial charge on any atom is -0.309 e. The van der Waals surface area contributed by atoms with E-state index in [9.17, 15) is 0 Å². The Morgan fingerprint density at radius 3 is 1.41 bits per heavy atom. The van der Waals surface area contributed by atoms with Crippen molar-refractivity contribution < 1.29 is 0 Å². The zero-order valence-electron chi connectivity index (χ0n) is 23.9. The van der Waals surface area contributed by atoms with Crippen LogP contribution in [0.5, 0.6) is 0 Å². The molecule has 0 unspecified atom stereocenters. The Kier molecular flexibility index (Phi) is 4.75. The van der Waals surface area contributed by atoms with Gasteiger partial charge in [0.05, 0.1) is 27.6 Å². The fourth-order valence-electron chi connectivity index (χ4n) is 7.48. The quantitative estimate of drug-likeness (QED) is 0.204. The molecule has 0 saturated carbocycles. The van der Waals surface area contributed by atoms with Crippen LogP contribution in [0.1, 0.15) is 0 Å². The topological polar surface area (TPSA) is 9.34 Å². The van der Waals surface area contributed by atoms with Gasteiger partial charge in [0.2, 0.25) is 0 Å². The Balaban J connectivity index is 1.26. The van der Waals surface area contributed by atoms with E-state index in [1.165, 1.54) is 87.8 Å². The van der Waals surface area contributed by atoms with Crippen LogP contribution in [0.25, 0.3) is 87.8 Å². The van der Waals surface area contributed by atoms with Crippen LogP contribution in [-0.2, 0) is 0 Å². The summed E-state index contributed by atoms with van der Waals surface area (Å²) in [5.74, 6) is 0. The molecule has 0 atom stereocenters.